The molecule has 0 amide bonds. The van der Waals surface area contributed by atoms with Crippen molar-refractivity contribution in [3.63, 3.8) is 0 Å². The van der Waals surface area contributed by atoms with Gasteiger partial charge in [0.1, 0.15) is 0 Å². The van der Waals surface area contributed by atoms with Gasteiger partial charge in [-0.2, -0.15) is 4.31 Å². The van der Waals surface area contributed by atoms with Crippen molar-refractivity contribution in [2.24, 2.45) is 0 Å². The SMILES string of the molecule is CCCS(=O)(=O)N1CCC[C@@H](S(=O)(=O)N2CCOCC2)C1. The average molecular weight is 340 g/mol. The average Bonchev–Trinajstić information content (AvgIpc) is 2.48. The highest BCUT2D eigenvalue weighted by Crippen LogP contribution is 2.23. The van der Waals surface area contributed by atoms with Crippen LogP contribution in [0.15, 0.2) is 0 Å². The Morgan fingerprint density at radius 2 is 1.71 bits per heavy atom. The first kappa shape index (κ1) is 17.1. The molecule has 2 fully saturated rings. The largest absolute Gasteiger partial charge is 0.379 e. The van der Waals surface area contributed by atoms with Gasteiger partial charge in [-0.05, 0) is 19.3 Å². The molecule has 9 heteroatoms. The summed E-state index contributed by atoms with van der Waals surface area (Å²) in [7, 11) is -6.78. The van der Waals surface area contributed by atoms with Gasteiger partial charge in [0.25, 0.3) is 0 Å². The maximum Gasteiger partial charge on any atom is 0.218 e. The van der Waals surface area contributed by atoms with Crippen LogP contribution in [0.25, 0.3) is 0 Å². The number of rotatable bonds is 5. The predicted molar refractivity (Wildman–Crippen MR) is 80.0 cm³/mol. The van der Waals surface area contributed by atoms with Crippen molar-refractivity contribution in [1.29, 1.82) is 0 Å². The Hall–Kier alpha value is -0.220. The van der Waals surface area contributed by atoms with Gasteiger partial charge in [-0.3, -0.25) is 0 Å². The van der Waals surface area contributed by atoms with Gasteiger partial charge in [-0.1, -0.05) is 6.92 Å². The van der Waals surface area contributed by atoms with Crippen molar-refractivity contribution in [3.05, 3.63) is 0 Å². The molecule has 2 rings (SSSR count). The van der Waals surface area contributed by atoms with Crippen LogP contribution in [-0.4, -0.2) is 75.8 Å². The van der Waals surface area contributed by atoms with Crippen molar-refractivity contribution < 1.29 is 21.6 Å². The molecule has 0 aromatic rings. The summed E-state index contributed by atoms with van der Waals surface area (Å²) < 4.78 is 57.5. The summed E-state index contributed by atoms with van der Waals surface area (Å²) in [6.07, 6.45) is 1.66. The molecule has 21 heavy (non-hydrogen) atoms. The van der Waals surface area contributed by atoms with Gasteiger partial charge in [-0.15, -0.1) is 0 Å². The second-order valence-electron chi connectivity index (χ2n) is 5.49. The molecule has 0 N–H and O–H groups in total. The third-order valence-corrected chi connectivity index (χ3v) is 8.30. The van der Waals surface area contributed by atoms with E-state index >= 15 is 0 Å². The third-order valence-electron chi connectivity index (χ3n) is 3.95. The second kappa shape index (κ2) is 6.91. The minimum absolute atomic E-state index is 0.0807. The molecular weight excluding hydrogens is 316 g/mol. The van der Waals surface area contributed by atoms with Gasteiger partial charge in [0, 0.05) is 26.2 Å². The number of hydrogen-bond donors (Lipinski definition) is 0. The molecule has 2 saturated heterocycles. The van der Waals surface area contributed by atoms with E-state index in [1.54, 1.807) is 0 Å². The molecule has 1 atom stereocenters. The summed E-state index contributed by atoms with van der Waals surface area (Å²) in [6.45, 7) is 3.86. The fourth-order valence-electron chi connectivity index (χ4n) is 2.80. The highest BCUT2D eigenvalue weighted by molar-refractivity contribution is 7.90. The Balaban J connectivity index is 2.09. The van der Waals surface area contributed by atoms with E-state index in [4.69, 9.17) is 4.74 Å². The molecule has 124 valence electrons. The zero-order valence-corrected chi connectivity index (χ0v) is 14.0. The van der Waals surface area contributed by atoms with Crippen LogP contribution in [0.4, 0.5) is 0 Å². The van der Waals surface area contributed by atoms with Crippen LogP contribution in [0.3, 0.4) is 0 Å². The van der Waals surface area contributed by atoms with Crippen LogP contribution in [0.2, 0.25) is 0 Å². The fourth-order valence-corrected chi connectivity index (χ4v) is 6.40. The first-order chi connectivity index (χ1) is 9.88. The minimum Gasteiger partial charge on any atom is -0.379 e. The van der Waals surface area contributed by atoms with Gasteiger partial charge in [0.05, 0.1) is 24.2 Å². The standard InChI is InChI=1S/C12H24N2O5S2/c1-2-10-20(15,16)14-5-3-4-12(11-14)21(17,18)13-6-8-19-9-7-13/h12H,2-11H2,1H3/t12-/m1/s1. The van der Waals surface area contributed by atoms with Gasteiger partial charge < -0.3 is 4.74 Å². The lowest BCUT2D eigenvalue weighted by atomic mass is 10.2. The van der Waals surface area contributed by atoms with Crippen molar-refractivity contribution in [2.45, 2.75) is 31.4 Å². The maximum atomic E-state index is 12.6. The molecule has 0 aliphatic carbocycles. The predicted octanol–water partition coefficient (Wildman–Crippen LogP) is -0.147. The molecule has 2 heterocycles. The molecule has 0 radical (unpaired) electrons. The van der Waals surface area contributed by atoms with E-state index < -0.39 is 25.3 Å². The summed E-state index contributed by atoms with van der Waals surface area (Å²) in [5.41, 5.74) is 0. The summed E-state index contributed by atoms with van der Waals surface area (Å²) in [6, 6.07) is 0. The lowest BCUT2D eigenvalue weighted by molar-refractivity contribution is 0.0722. The Morgan fingerprint density at radius 1 is 1.05 bits per heavy atom. The van der Waals surface area contributed by atoms with Gasteiger partial charge in [0.2, 0.25) is 20.0 Å². The van der Waals surface area contributed by atoms with Gasteiger partial charge >= 0.3 is 0 Å². The first-order valence-electron chi connectivity index (χ1n) is 7.42. The van der Waals surface area contributed by atoms with Crippen LogP contribution in [0.5, 0.6) is 0 Å². The molecule has 0 bridgehead atoms. The van der Waals surface area contributed by atoms with E-state index in [1.165, 1.54) is 8.61 Å². The number of sulfonamides is 2. The Morgan fingerprint density at radius 3 is 2.33 bits per heavy atom. The van der Waals surface area contributed by atoms with E-state index in [-0.39, 0.29) is 12.3 Å². The van der Waals surface area contributed by atoms with Crippen molar-refractivity contribution in [3.8, 4) is 0 Å². The van der Waals surface area contributed by atoms with Gasteiger partial charge in [-0.25, -0.2) is 21.1 Å². The summed E-state index contributed by atoms with van der Waals surface area (Å²) >= 11 is 0. The van der Waals surface area contributed by atoms with Crippen molar-refractivity contribution in [1.82, 2.24) is 8.61 Å². The molecule has 0 unspecified atom stereocenters. The normalized spacial score (nSPS) is 26.8. The highest BCUT2D eigenvalue weighted by atomic mass is 32.2. The molecule has 2 aliphatic heterocycles. The number of nitrogens with zero attached hydrogens (tertiary/aromatic N) is 2. The molecular formula is C12H24N2O5S2. The number of hydrogen-bond acceptors (Lipinski definition) is 5. The fraction of sp³-hybridized carbons (Fsp3) is 1.00. The first-order valence-corrected chi connectivity index (χ1v) is 10.5. The lowest BCUT2D eigenvalue weighted by Crippen LogP contribution is -2.52. The second-order valence-corrected chi connectivity index (χ2v) is 9.80. The monoisotopic (exact) mass is 340 g/mol. The highest BCUT2D eigenvalue weighted by Gasteiger charge is 2.38. The van der Waals surface area contributed by atoms with E-state index in [1.807, 2.05) is 6.92 Å². The summed E-state index contributed by atoms with van der Waals surface area (Å²) in [4.78, 5) is 0. The third kappa shape index (κ3) is 3.95. The van der Waals surface area contributed by atoms with Crippen molar-refractivity contribution in [2.75, 3.05) is 45.1 Å². The number of piperidine rings is 1. The molecule has 0 spiro atoms. The van der Waals surface area contributed by atoms with E-state index in [0.29, 0.717) is 52.1 Å². The van der Waals surface area contributed by atoms with Crippen molar-refractivity contribution >= 4 is 20.0 Å². The van der Waals surface area contributed by atoms with Crippen LogP contribution >= 0.6 is 0 Å². The summed E-state index contributed by atoms with van der Waals surface area (Å²) in [5, 5.41) is -0.629. The molecule has 0 saturated carbocycles. The quantitative estimate of drug-likeness (QED) is 0.695. The Kier molecular flexibility index (Phi) is 5.64. The topological polar surface area (TPSA) is 84.0 Å². The molecule has 7 nitrogen and oxygen atoms in total. The zero-order chi connectivity index (χ0) is 15.5. The van der Waals surface area contributed by atoms with Crippen LogP contribution < -0.4 is 0 Å². The number of ether oxygens (including phenoxy) is 1. The maximum absolute atomic E-state index is 12.6. The minimum atomic E-state index is -3.45. The Bertz CT molecular complexity index is 540. The van der Waals surface area contributed by atoms with E-state index in [2.05, 4.69) is 0 Å². The molecule has 0 aromatic heterocycles. The van der Waals surface area contributed by atoms with Crippen LogP contribution in [-0.2, 0) is 24.8 Å². The van der Waals surface area contributed by atoms with Gasteiger partial charge in [0.15, 0.2) is 0 Å². The lowest BCUT2D eigenvalue weighted by Gasteiger charge is -2.35. The summed E-state index contributed by atoms with van der Waals surface area (Å²) in [5.74, 6) is 0.0807. The molecule has 2 aliphatic rings. The zero-order valence-electron chi connectivity index (χ0n) is 12.4. The molecule has 0 aromatic carbocycles. The van der Waals surface area contributed by atoms with E-state index in [9.17, 15) is 16.8 Å². The van der Waals surface area contributed by atoms with E-state index in [0.717, 1.165) is 0 Å². The Labute approximate surface area is 127 Å². The smallest absolute Gasteiger partial charge is 0.218 e. The number of morpholine rings is 1. The van der Waals surface area contributed by atoms with Crippen LogP contribution in [0.1, 0.15) is 26.2 Å². The van der Waals surface area contributed by atoms with Crippen LogP contribution in [0, 0.1) is 0 Å².